The molecule has 0 aliphatic rings. The molecular formula is C16H17NO3. The van der Waals surface area contributed by atoms with Crippen LogP contribution in [0.25, 0.3) is 0 Å². The first-order valence-corrected chi connectivity index (χ1v) is 6.56. The second-order valence-corrected chi connectivity index (χ2v) is 4.80. The van der Waals surface area contributed by atoms with Crippen molar-refractivity contribution in [2.24, 2.45) is 0 Å². The van der Waals surface area contributed by atoms with Gasteiger partial charge in [0.05, 0.1) is 0 Å². The van der Waals surface area contributed by atoms with Crippen molar-refractivity contribution in [3.8, 4) is 0 Å². The maximum atomic E-state index is 11.2. The molecule has 0 aliphatic heterocycles. The summed E-state index contributed by atoms with van der Waals surface area (Å²) in [4.78, 5) is 10.8. The number of hydrogen-bond acceptors (Lipinski definition) is 3. The number of benzene rings is 2. The van der Waals surface area contributed by atoms with Gasteiger partial charge >= 0.3 is 0 Å². The van der Waals surface area contributed by atoms with Gasteiger partial charge in [0.1, 0.15) is 6.10 Å². The van der Waals surface area contributed by atoms with Crippen molar-refractivity contribution in [2.45, 2.75) is 25.0 Å². The predicted molar refractivity (Wildman–Crippen MR) is 77.1 cm³/mol. The van der Waals surface area contributed by atoms with Crippen LogP contribution in [0.15, 0.2) is 60.7 Å². The highest BCUT2D eigenvalue weighted by Crippen LogP contribution is 2.13. The van der Waals surface area contributed by atoms with Crippen LogP contribution in [0.1, 0.15) is 11.1 Å². The number of nitrogens with zero attached hydrogens (tertiary/aromatic N) is 1. The van der Waals surface area contributed by atoms with E-state index in [1.165, 1.54) is 0 Å². The molecule has 0 saturated heterocycles. The molecular weight excluding hydrogens is 254 g/mol. The lowest BCUT2D eigenvalue weighted by Crippen LogP contribution is -2.37. The van der Waals surface area contributed by atoms with E-state index in [0.29, 0.717) is 6.42 Å². The number of aliphatic hydroxyl groups is 1. The maximum Gasteiger partial charge on any atom is 0.242 e. The molecule has 0 fully saturated rings. The first kappa shape index (κ1) is 14.2. The second kappa shape index (κ2) is 6.82. The van der Waals surface area contributed by atoms with E-state index in [4.69, 9.17) is 0 Å². The van der Waals surface area contributed by atoms with Crippen LogP contribution in [0.4, 0.5) is 0 Å². The molecule has 0 radical (unpaired) electrons. The number of aliphatic hydroxyl groups excluding tert-OH is 1. The lowest BCUT2D eigenvalue weighted by Gasteiger charge is -2.16. The Morgan fingerprint density at radius 2 is 1.35 bits per heavy atom. The predicted octanol–water partition coefficient (Wildman–Crippen LogP) is 2.48. The molecule has 0 saturated carbocycles. The summed E-state index contributed by atoms with van der Waals surface area (Å²) in [7, 11) is 0. The van der Waals surface area contributed by atoms with Gasteiger partial charge in [0.15, 0.2) is 0 Å². The van der Waals surface area contributed by atoms with Crippen molar-refractivity contribution in [1.82, 2.24) is 0 Å². The minimum Gasteiger partial charge on any atom is -0.386 e. The molecule has 20 heavy (non-hydrogen) atoms. The summed E-state index contributed by atoms with van der Waals surface area (Å²) >= 11 is 0. The monoisotopic (exact) mass is 271 g/mol. The lowest BCUT2D eigenvalue weighted by atomic mass is 9.97. The van der Waals surface area contributed by atoms with Gasteiger partial charge in [-0.2, -0.15) is 0 Å². The van der Waals surface area contributed by atoms with E-state index < -0.39 is 12.1 Å². The molecule has 2 rings (SSSR count). The SMILES string of the molecule is O=[N+]([O-])[C@@H](Cc1ccccc1)[C@@H](O)Cc1ccccc1. The van der Waals surface area contributed by atoms with Crippen molar-refractivity contribution >= 4 is 0 Å². The van der Waals surface area contributed by atoms with E-state index >= 15 is 0 Å². The van der Waals surface area contributed by atoms with Gasteiger partial charge in [0, 0.05) is 17.8 Å². The highest BCUT2D eigenvalue weighted by Gasteiger charge is 2.30. The molecule has 0 aromatic heterocycles. The fraction of sp³-hybridized carbons (Fsp3) is 0.250. The molecule has 2 atom stereocenters. The number of hydrogen-bond donors (Lipinski definition) is 1. The van der Waals surface area contributed by atoms with Crippen LogP contribution >= 0.6 is 0 Å². The zero-order chi connectivity index (χ0) is 14.4. The topological polar surface area (TPSA) is 63.4 Å². The molecule has 4 nitrogen and oxygen atoms in total. The summed E-state index contributed by atoms with van der Waals surface area (Å²) in [6.07, 6.45) is -0.464. The molecule has 2 aromatic carbocycles. The zero-order valence-corrected chi connectivity index (χ0v) is 11.1. The average molecular weight is 271 g/mol. The van der Waals surface area contributed by atoms with Crippen molar-refractivity contribution in [1.29, 1.82) is 0 Å². The van der Waals surface area contributed by atoms with Crippen molar-refractivity contribution < 1.29 is 10.0 Å². The van der Waals surface area contributed by atoms with Gasteiger partial charge < -0.3 is 5.11 Å². The third-order valence-corrected chi connectivity index (χ3v) is 3.29. The van der Waals surface area contributed by atoms with E-state index in [1.54, 1.807) is 0 Å². The van der Waals surface area contributed by atoms with Crippen molar-refractivity contribution in [3.05, 3.63) is 81.9 Å². The molecule has 1 N–H and O–H groups in total. The zero-order valence-electron chi connectivity index (χ0n) is 11.1. The Morgan fingerprint density at radius 1 is 0.900 bits per heavy atom. The molecule has 4 heteroatoms. The minimum absolute atomic E-state index is 0.238. The van der Waals surface area contributed by atoms with E-state index in [9.17, 15) is 15.2 Å². The highest BCUT2D eigenvalue weighted by atomic mass is 16.6. The van der Waals surface area contributed by atoms with Crippen LogP contribution in [0.2, 0.25) is 0 Å². The third kappa shape index (κ3) is 3.90. The van der Waals surface area contributed by atoms with Crippen LogP contribution in [-0.2, 0) is 12.8 Å². The highest BCUT2D eigenvalue weighted by molar-refractivity contribution is 5.18. The van der Waals surface area contributed by atoms with Gasteiger partial charge in [-0.05, 0) is 11.1 Å². The summed E-state index contributed by atoms with van der Waals surface area (Å²) in [5.74, 6) is 0. The molecule has 0 unspecified atom stereocenters. The molecule has 0 bridgehead atoms. The fourth-order valence-electron chi connectivity index (χ4n) is 2.20. The van der Waals surface area contributed by atoms with E-state index in [2.05, 4.69) is 0 Å². The quantitative estimate of drug-likeness (QED) is 0.648. The Bertz CT molecular complexity index is 542. The van der Waals surface area contributed by atoms with E-state index in [1.807, 2.05) is 60.7 Å². The molecule has 0 amide bonds. The fourth-order valence-corrected chi connectivity index (χ4v) is 2.20. The molecule has 0 spiro atoms. The third-order valence-electron chi connectivity index (χ3n) is 3.29. The van der Waals surface area contributed by atoms with Crippen LogP contribution in [0.3, 0.4) is 0 Å². The van der Waals surface area contributed by atoms with Gasteiger partial charge in [-0.3, -0.25) is 10.1 Å². The first-order valence-electron chi connectivity index (χ1n) is 6.56. The van der Waals surface area contributed by atoms with Crippen molar-refractivity contribution in [3.63, 3.8) is 0 Å². The van der Waals surface area contributed by atoms with Gasteiger partial charge in [-0.15, -0.1) is 0 Å². The van der Waals surface area contributed by atoms with Crippen LogP contribution in [0.5, 0.6) is 0 Å². The van der Waals surface area contributed by atoms with E-state index in [0.717, 1.165) is 11.1 Å². The lowest BCUT2D eigenvalue weighted by molar-refractivity contribution is -0.533. The van der Waals surface area contributed by atoms with Gasteiger partial charge in [0.25, 0.3) is 0 Å². The standard InChI is InChI=1S/C16H17NO3/c18-16(12-14-9-5-2-6-10-14)15(17(19)20)11-13-7-3-1-4-8-13/h1-10,15-16,18H,11-12H2/t15-,16-/m0/s1. The summed E-state index contributed by atoms with van der Waals surface area (Å²) in [6, 6.07) is 17.6. The average Bonchev–Trinajstić information content (AvgIpc) is 2.46. The van der Waals surface area contributed by atoms with Gasteiger partial charge in [-0.25, -0.2) is 0 Å². The Hall–Kier alpha value is -2.20. The Labute approximate surface area is 117 Å². The normalized spacial score (nSPS) is 13.7. The summed E-state index contributed by atoms with van der Waals surface area (Å²) < 4.78 is 0. The van der Waals surface area contributed by atoms with E-state index in [-0.39, 0.29) is 11.3 Å². The second-order valence-electron chi connectivity index (χ2n) is 4.80. The Kier molecular flexibility index (Phi) is 4.85. The van der Waals surface area contributed by atoms with Gasteiger partial charge in [-0.1, -0.05) is 60.7 Å². The largest absolute Gasteiger partial charge is 0.386 e. The smallest absolute Gasteiger partial charge is 0.242 e. The van der Waals surface area contributed by atoms with Crippen molar-refractivity contribution in [2.75, 3.05) is 0 Å². The minimum atomic E-state index is -0.993. The summed E-state index contributed by atoms with van der Waals surface area (Å²) in [6.45, 7) is 0. The molecule has 0 aliphatic carbocycles. The summed E-state index contributed by atoms with van der Waals surface area (Å²) in [5.41, 5.74) is 1.77. The number of rotatable bonds is 6. The Balaban J connectivity index is 2.06. The number of nitro groups is 1. The molecule has 104 valence electrons. The van der Waals surface area contributed by atoms with Crippen LogP contribution < -0.4 is 0 Å². The first-order chi connectivity index (χ1) is 9.66. The molecule has 2 aromatic rings. The van der Waals surface area contributed by atoms with Crippen LogP contribution in [0, 0.1) is 10.1 Å². The maximum absolute atomic E-state index is 11.2. The molecule has 0 heterocycles. The van der Waals surface area contributed by atoms with Crippen LogP contribution in [-0.4, -0.2) is 22.2 Å². The Morgan fingerprint density at radius 3 is 1.80 bits per heavy atom. The summed E-state index contributed by atoms with van der Waals surface area (Å²) in [5, 5.41) is 21.3. The van der Waals surface area contributed by atoms with Gasteiger partial charge in [0.2, 0.25) is 6.04 Å².